The Bertz CT molecular complexity index is 700. The Morgan fingerprint density at radius 2 is 2.11 bits per heavy atom. The molecule has 0 saturated heterocycles. The van der Waals surface area contributed by atoms with Gasteiger partial charge in [0.15, 0.2) is 0 Å². The number of rotatable bonds is 4. The monoisotopic (exact) mass is 285 g/mol. The maximum Gasteiger partial charge on any atom is 0.265 e. The van der Waals surface area contributed by atoms with Crippen LogP contribution >= 0.6 is 0 Å². The van der Waals surface area contributed by atoms with Crippen molar-refractivity contribution in [1.29, 1.82) is 0 Å². The number of nitrogens with zero attached hydrogens (tertiary/aromatic N) is 2. The summed E-state index contributed by atoms with van der Waals surface area (Å²) >= 11 is 0. The van der Waals surface area contributed by atoms with Crippen LogP contribution in [-0.4, -0.2) is 23.3 Å². The number of furan rings is 1. The zero-order chi connectivity index (χ0) is 14.2. The third-order valence-electron chi connectivity index (χ3n) is 2.71. The normalized spacial score (nSPS) is 11.8. The molecule has 0 radical (unpaired) electrons. The van der Waals surface area contributed by atoms with E-state index in [9.17, 15) is 13.5 Å². The maximum atomic E-state index is 12.3. The van der Waals surface area contributed by atoms with Gasteiger partial charge < -0.3 is 9.52 Å². The van der Waals surface area contributed by atoms with E-state index < -0.39 is 16.6 Å². The van der Waals surface area contributed by atoms with Crippen LogP contribution in [-0.2, 0) is 23.7 Å². The highest BCUT2D eigenvalue weighted by molar-refractivity contribution is 7.92. The minimum Gasteiger partial charge on any atom is -0.465 e. The molecule has 0 atom stereocenters. The van der Waals surface area contributed by atoms with Gasteiger partial charge in [0.25, 0.3) is 10.0 Å². The summed E-state index contributed by atoms with van der Waals surface area (Å²) < 4.78 is 33.8. The topological polar surface area (TPSA) is 97.4 Å². The molecule has 7 nitrogen and oxygen atoms in total. The van der Waals surface area contributed by atoms with Crippen LogP contribution in [0, 0.1) is 13.8 Å². The summed E-state index contributed by atoms with van der Waals surface area (Å²) in [5.74, 6) is 0.643. The van der Waals surface area contributed by atoms with Gasteiger partial charge in [-0.05, 0) is 13.8 Å². The summed E-state index contributed by atoms with van der Waals surface area (Å²) in [5.41, 5.74) is 0.624. The highest BCUT2D eigenvalue weighted by Gasteiger charge is 2.26. The van der Waals surface area contributed by atoms with Gasteiger partial charge in [-0.1, -0.05) is 0 Å². The molecule has 0 amide bonds. The molecule has 0 saturated carbocycles. The Morgan fingerprint density at radius 3 is 2.63 bits per heavy atom. The van der Waals surface area contributed by atoms with Crippen molar-refractivity contribution in [3.63, 3.8) is 0 Å². The fourth-order valence-corrected chi connectivity index (χ4v) is 3.40. The lowest BCUT2D eigenvalue weighted by Gasteiger charge is -2.06. The number of aromatic nitrogens is 2. The highest BCUT2D eigenvalue weighted by atomic mass is 32.2. The first-order chi connectivity index (χ1) is 8.85. The molecule has 0 aliphatic carbocycles. The van der Waals surface area contributed by atoms with Crippen LogP contribution in [0.2, 0.25) is 0 Å². The Morgan fingerprint density at radius 1 is 1.42 bits per heavy atom. The van der Waals surface area contributed by atoms with Gasteiger partial charge in [0.2, 0.25) is 0 Å². The van der Waals surface area contributed by atoms with E-state index in [1.54, 1.807) is 27.1 Å². The molecule has 0 fully saturated rings. The van der Waals surface area contributed by atoms with Crippen molar-refractivity contribution >= 4 is 15.7 Å². The number of hydrogen-bond acceptors (Lipinski definition) is 5. The summed E-state index contributed by atoms with van der Waals surface area (Å²) in [6.07, 6.45) is 2.94. The van der Waals surface area contributed by atoms with Gasteiger partial charge >= 0.3 is 0 Å². The fraction of sp³-hybridized carbons (Fsp3) is 0.364. The van der Waals surface area contributed by atoms with Crippen molar-refractivity contribution in [2.75, 3.05) is 4.72 Å². The SMILES string of the molecule is Cc1oc(C)c(S(=O)(=O)Nc2cnn(C)c2)c1CO. The minimum atomic E-state index is -3.81. The Balaban J connectivity index is 2.45. The molecule has 2 N–H and O–H groups in total. The standard InChI is InChI=1S/C11H15N3O4S/c1-7-10(6-15)11(8(2)18-7)19(16,17)13-9-4-12-14(3)5-9/h4-5,13,15H,6H2,1-3H3. The largest absolute Gasteiger partial charge is 0.465 e. The van der Waals surface area contributed by atoms with Gasteiger partial charge in [-0.2, -0.15) is 5.10 Å². The van der Waals surface area contributed by atoms with E-state index in [2.05, 4.69) is 9.82 Å². The third kappa shape index (κ3) is 2.49. The average molecular weight is 285 g/mol. The molecule has 2 rings (SSSR count). The number of sulfonamides is 1. The van der Waals surface area contributed by atoms with Crippen molar-refractivity contribution in [2.45, 2.75) is 25.3 Å². The van der Waals surface area contributed by atoms with Crippen molar-refractivity contribution in [3.8, 4) is 0 Å². The molecule has 8 heteroatoms. The van der Waals surface area contributed by atoms with Crippen molar-refractivity contribution in [1.82, 2.24) is 9.78 Å². The molecule has 0 bridgehead atoms. The first kappa shape index (κ1) is 13.6. The minimum absolute atomic E-state index is 0.0173. The van der Waals surface area contributed by atoms with Gasteiger partial charge in [-0.3, -0.25) is 9.40 Å². The van der Waals surface area contributed by atoms with Crippen LogP contribution in [0.5, 0.6) is 0 Å². The van der Waals surface area contributed by atoms with E-state index in [0.717, 1.165) is 0 Å². The third-order valence-corrected chi connectivity index (χ3v) is 4.28. The van der Waals surface area contributed by atoms with Crippen LogP contribution in [0.15, 0.2) is 21.7 Å². The van der Waals surface area contributed by atoms with Crippen LogP contribution in [0.4, 0.5) is 5.69 Å². The number of aliphatic hydroxyl groups excluding tert-OH is 1. The number of hydrogen-bond donors (Lipinski definition) is 2. The van der Waals surface area contributed by atoms with Gasteiger partial charge in [0.05, 0.1) is 18.5 Å². The summed E-state index contributed by atoms with van der Waals surface area (Å²) in [5, 5.41) is 13.2. The first-order valence-electron chi connectivity index (χ1n) is 5.56. The molecule has 0 aliphatic rings. The molecular weight excluding hydrogens is 270 g/mol. The van der Waals surface area contributed by atoms with E-state index >= 15 is 0 Å². The van der Waals surface area contributed by atoms with Crippen LogP contribution in [0.1, 0.15) is 17.1 Å². The molecule has 2 aromatic heterocycles. The number of nitrogens with one attached hydrogen (secondary N) is 1. The van der Waals surface area contributed by atoms with E-state index in [0.29, 0.717) is 11.4 Å². The van der Waals surface area contributed by atoms with Crippen molar-refractivity contribution in [2.24, 2.45) is 7.05 Å². The zero-order valence-corrected chi connectivity index (χ0v) is 11.7. The van der Waals surface area contributed by atoms with Gasteiger partial charge in [-0.15, -0.1) is 0 Å². The zero-order valence-electron chi connectivity index (χ0n) is 10.8. The smallest absolute Gasteiger partial charge is 0.265 e. The second kappa shape index (κ2) is 4.71. The van der Waals surface area contributed by atoms with E-state index in [1.165, 1.54) is 10.9 Å². The Hall–Kier alpha value is -1.80. The molecule has 0 aliphatic heterocycles. The summed E-state index contributed by atoms with van der Waals surface area (Å²) in [4.78, 5) is -0.0173. The van der Waals surface area contributed by atoms with Gasteiger partial charge in [0, 0.05) is 18.8 Å². The number of anilines is 1. The predicted molar refractivity (Wildman–Crippen MR) is 68.1 cm³/mol. The van der Waals surface area contributed by atoms with Crippen LogP contribution < -0.4 is 4.72 Å². The van der Waals surface area contributed by atoms with E-state index in [1.807, 2.05) is 0 Å². The number of aliphatic hydroxyl groups is 1. The molecule has 0 unspecified atom stereocenters. The lowest BCUT2D eigenvalue weighted by atomic mass is 10.2. The number of aryl methyl sites for hydroxylation is 3. The summed E-state index contributed by atoms with van der Waals surface area (Å²) in [7, 11) is -2.12. The first-order valence-corrected chi connectivity index (χ1v) is 7.04. The Kier molecular flexibility index (Phi) is 3.38. The van der Waals surface area contributed by atoms with Crippen LogP contribution in [0.25, 0.3) is 0 Å². The van der Waals surface area contributed by atoms with Gasteiger partial charge in [0.1, 0.15) is 16.4 Å². The van der Waals surface area contributed by atoms with Crippen LogP contribution in [0.3, 0.4) is 0 Å². The van der Waals surface area contributed by atoms with E-state index in [4.69, 9.17) is 4.42 Å². The maximum absolute atomic E-state index is 12.3. The van der Waals surface area contributed by atoms with Gasteiger partial charge in [-0.25, -0.2) is 8.42 Å². The van der Waals surface area contributed by atoms with E-state index in [-0.39, 0.29) is 16.2 Å². The molecule has 2 heterocycles. The summed E-state index contributed by atoms with van der Waals surface area (Å²) in [6, 6.07) is 0. The second-order valence-corrected chi connectivity index (χ2v) is 5.81. The fourth-order valence-electron chi connectivity index (χ4n) is 1.92. The molecule has 104 valence electrons. The summed E-state index contributed by atoms with van der Waals surface area (Å²) in [6.45, 7) is 2.76. The lowest BCUT2D eigenvalue weighted by molar-refractivity contribution is 0.276. The average Bonchev–Trinajstić information content (AvgIpc) is 2.81. The lowest BCUT2D eigenvalue weighted by Crippen LogP contribution is -2.15. The second-order valence-electron chi connectivity index (χ2n) is 4.19. The molecular formula is C11H15N3O4S. The quantitative estimate of drug-likeness (QED) is 0.870. The molecule has 19 heavy (non-hydrogen) atoms. The molecule has 0 spiro atoms. The Labute approximate surface area is 110 Å². The van der Waals surface area contributed by atoms with Crippen molar-refractivity contribution < 1.29 is 17.9 Å². The predicted octanol–water partition coefficient (Wildman–Crippen LogP) is 0.923. The molecule has 2 aromatic rings. The van der Waals surface area contributed by atoms with Crippen molar-refractivity contribution in [3.05, 3.63) is 29.5 Å². The molecule has 0 aromatic carbocycles. The highest BCUT2D eigenvalue weighted by Crippen LogP contribution is 2.28.